The average Bonchev–Trinajstić information content (AvgIpc) is 3.07. The van der Waals surface area contributed by atoms with Gasteiger partial charge >= 0.3 is 0 Å². The lowest BCUT2D eigenvalue weighted by atomic mass is 9.99. The number of hydrogen-bond acceptors (Lipinski definition) is 3. The second-order valence-electron chi connectivity index (χ2n) is 6.01. The number of nitrogens with one attached hydrogen (secondary N) is 1. The average molecular weight is 350 g/mol. The molecule has 3 aromatic rings. The number of thiazole rings is 1. The number of rotatable bonds is 7. The Morgan fingerprint density at radius 2 is 1.80 bits per heavy atom. The van der Waals surface area contributed by atoms with E-state index in [2.05, 4.69) is 15.7 Å². The SMILES string of the molecule is Cc1csc(CCCCNC(=O)c2ccccc2-c2ccccc2)n1. The molecule has 25 heavy (non-hydrogen) atoms. The molecule has 4 heteroatoms. The fraction of sp³-hybridized carbons (Fsp3) is 0.238. The molecular formula is C21H22N2OS. The summed E-state index contributed by atoms with van der Waals surface area (Å²) in [6.07, 6.45) is 2.97. The third-order valence-electron chi connectivity index (χ3n) is 4.03. The topological polar surface area (TPSA) is 42.0 Å². The van der Waals surface area contributed by atoms with E-state index in [1.54, 1.807) is 11.3 Å². The quantitative estimate of drug-likeness (QED) is 0.618. The second kappa shape index (κ2) is 8.58. The molecule has 0 aliphatic heterocycles. The third-order valence-corrected chi connectivity index (χ3v) is 5.05. The van der Waals surface area contributed by atoms with Crippen molar-refractivity contribution in [2.24, 2.45) is 0 Å². The van der Waals surface area contributed by atoms with Gasteiger partial charge < -0.3 is 5.32 Å². The van der Waals surface area contributed by atoms with Gasteiger partial charge in [0, 0.05) is 23.2 Å². The minimum absolute atomic E-state index is 0.00968. The van der Waals surface area contributed by atoms with E-state index in [1.165, 1.54) is 5.01 Å². The largest absolute Gasteiger partial charge is 0.352 e. The van der Waals surface area contributed by atoms with Crippen LogP contribution >= 0.6 is 11.3 Å². The summed E-state index contributed by atoms with van der Waals surface area (Å²) >= 11 is 1.71. The van der Waals surface area contributed by atoms with Gasteiger partial charge in [-0.05, 0) is 43.4 Å². The molecule has 0 aliphatic carbocycles. The van der Waals surface area contributed by atoms with Gasteiger partial charge in [0.2, 0.25) is 0 Å². The number of hydrogen-bond donors (Lipinski definition) is 1. The van der Waals surface area contributed by atoms with E-state index in [0.717, 1.165) is 41.6 Å². The van der Waals surface area contributed by atoms with Crippen LogP contribution in [0.15, 0.2) is 60.0 Å². The standard InChI is InChI=1S/C21H22N2OS/c1-16-15-25-20(23-16)13-7-8-14-22-21(24)19-12-6-5-11-18(19)17-9-3-2-4-10-17/h2-6,9-12,15H,7-8,13-14H2,1H3,(H,22,24). The minimum Gasteiger partial charge on any atom is -0.352 e. The number of aryl methyl sites for hydroxylation is 2. The number of benzene rings is 2. The van der Waals surface area contributed by atoms with E-state index >= 15 is 0 Å². The molecule has 0 bridgehead atoms. The van der Waals surface area contributed by atoms with Crippen molar-refractivity contribution < 1.29 is 4.79 Å². The Hall–Kier alpha value is -2.46. The van der Waals surface area contributed by atoms with Crippen molar-refractivity contribution in [2.75, 3.05) is 6.54 Å². The molecule has 0 unspecified atom stereocenters. The number of amides is 1. The van der Waals surface area contributed by atoms with Crippen molar-refractivity contribution in [1.29, 1.82) is 0 Å². The predicted molar refractivity (Wildman–Crippen MR) is 104 cm³/mol. The predicted octanol–water partition coefficient (Wildman–Crippen LogP) is 4.87. The van der Waals surface area contributed by atoms with Crippen LogP contribution in [0.5, 0.6) is 0 Å². The van der Waals surface area contributed by atoms with Crippen LogP contribution in [0.2, 0.25) is 0 Å². The lowest BCUT2D eigenvalue weighted by Crippen LogP contribution is -2.25. The first-order valence-corrected chi connectivity index (χ1v) is 9.45. The smallest absolute Gasteiger partial charge is 0.251 e. The zero-order valence-electron chi connectivity index (χ0n) is 14.4. The molecule has 1 aromatic heterocycles. The van der Waals surface area contributed by atoms with Crippen molar-refractivity contribution >= 4 is 17.2 Å². The summed E-state index contributed by atoms with van der Waals surface area (Å²) in [6.45, 7) is 2.71. The highest BCUT2D eigenvalue weighted by Crippen LogP contribution is 2.23. The first-order chi connectivity index (χ1) is 12.2. The van der Waals surface area contributed by atoms with Crippen LogP contribution in [0.4, 0.5) is 0 Å². The van der Waals surface area contributed by atoms with Gasteiger partial charge in [-0.25, -0.2) is 4.98 Å². The molecule has 0 spiro atoms. The molecule has 0 fully saturated rings. The van der Waals surface area contributed by atoms with Crippen LogP contribution < -0.4 is 5.32 Å². The van der Waals surface area contributed by atoms with E-state index in [-0.39, 0.29) is 5.91 Å². The first-order valence-electron chi connectivity index (χ1n) is 8.57. The highest BCUT2D eigenvalue weighted by molar-refractivity contribution is 7.09. The van der Waals surface area contributed by atoms with Crippen molar-refractivity contribution in [3.8, 4) is 11.1 Å². The first kappa shape index (κ1) is 17.4. The number of nitrogens with zero attached hydrogens (tertiary/aromatic N) is 1. The van der Waals surface area contributed by atoms with Crippen LogP contribution in [0.1, 0.15) is 33.9 Å². The van der Waals surface area contributed by atoms with Gasteiger partial charge in [-0.1, -0.05) is 48.5 Å². The number of aromatic nitrogens is 1. The molecule has 0 aliphatic rings. The summed E-state index contributed by atoms with van der Waals surface area (Å²) in [5.41, 5.74) is 3.85. The van der Waals surface area contributed by atoms with E-state index in [4.69, 9.17) is 0 Å². The molecule has 0 saturated carbocycles. The van der Waals surface area contributed by atoms with Crippen LogP contribution in [-0.4, -0.2) is 17.4 Å². The molecule has 0 radical (unpaired) electrons. The van der Waals surface area contributed by atoms with Crippen molar-refractivity contribution in [2.45, 2.75) is 26.2 Å². The Morgan fingerprint density at radius 3 is 2.56 bits per heavy atom. The van der Waals surface area contributed by atoms with Gasteiger partial charge in [0.1, 0.15) is 0 Å². The highest BCUT2D eigenvalue weighted by atomic mass is 32.1. The number of carbonyl (C=O) groups is 1. The molecule has 3 rings (SSSR count). The molecular weight excluding hydrogens is 328 g/mol. The molecule has 2 aromatic carbocycles. The summed E-state index contributed by atoms with van der Waals surface area (Å²) in [7, 11) is 0. The summed E-state index contributed by atoms with van der Waals surface area (Å²) < 4.78 is 0. The zero-order valence-corrected chi connectivity index (χ0v) is 15.2. The molecule has 1 N–H and O–H groups in total. The Morgan fingerprint density at radius 1 is 1.04 bits per heavy atom. The fourth-order valence-electron chi connectivity index (χ4n) is 2.77. The molecule has 128 valence electrons. The highest BCUT2D eigenvalue weighted by Gasteiger charge is 2.11. The second-order valence-corrected chi connectivity index (χ2v) is 6.95. The van der Waals surface area contributed by atoms with Crippen molar-refractivity contribution in [3.05, 3.63) is 76.2 Å². The minimum atomic E-state index is -0.00968. The lowest BCUT2D eigenvalue weighted by Gasteiger charge is -2.10. The monoisotopic (exact) mass is 350 g/mol. The van der Waals surface area contributed by atoms with E-state index in [0.29, 0.717) is 6.54 Å². The molecule has 1 heterocycles. The van der Waals surface area contributed by atoms with E-state index < -0.39 is 0 Å². The van der Waals surface area contributed by atoms with Gasteiger partial charge in [-0.2, -0.15) is 0 Å². The number of carbonyl (C=O) groups excluding carboxylic acids is 1. The Labute approximate surface area is 152 Å². The Kier molecular flexibility index (Phi) is 5.96. The van der Waals surface area contributed by atoms with Crippen molar-refractivity contribution in [1.82, 2.24) is 10.3 Å². The van der Waals surface area contributed by atoms with Gasteiger partial charge in [-0.15, -0.1) is 11.3 Å². The van der Waals surface area contributed by atoms with Gasteiger partial charge in [-0.3, -0.25) is 4.79 Å². The van der Waals surface area contributed by atoms with Crippen LogP contribution in [0, 0.1) is 6.92 Å². The van der Waals surface area contributed by atoms with Gasteiger partial charge in [0.25, 0.3) is 5.91 Å². The summed E-state index contributed by atoms with van der Waals surface area (Å²) in [4.78, 5) is 17.0. The molecule has 1 amide bonds. The van der Waals surface area contributed by atoms with E-state index in [9.17, 15) is 4.79 Å². The maximum absolute atomic E-state index is 12.6. The number of unbranched alkanes of at least 4 members (excludes halogenated alkanes) is 1. The molecule has 0 atom stereocenters. The normalized spacial score (nSPS) is 10.6. The maximum atomic E-state index is 12.6. The Balaban J connectivity index is 1.53. The molecule has 0 saturated heterocycles. The zero-order chi connectivity index (χ0) is 17.5. The van der Waals surface area contributed by atoms with Crippen LogP contribution in [0.3, 0.4) is 0 Å². The van der Waals surface area contributed by atoms with Crippen LogP contribution in [-0.2, 0) is 6.42 Å². The Bertz CT molecular complexity index is 827. The van der Waals surface area contributed by atoms with Crippen molar-refractivity contribution in [3.63, 3.8) is 0 Å². The summed E-state index contributed by atoms with van der Waals surface area (Å²) in [5, 5.41) is 6.30. The third kappa shape index (κ3) is 4.77. The maximum Gasteiger partial charge on any atom is 0.251 e. The van der Waals surface area contributed by atoms with E-state index in [1.807, 2.05) is 61.5 Å². The lowest BCUT2D eigenvalue weighted by molar-refractivity contribution is 0.0953. The fourth-order valence-corrected chi connectivity index (χ4v) is 3.58. The van der Waals surface area contributed by atoms with Gasteiger partial charge in [0.15, 0.2) is 0 Å². The summed E-state index contributed by atoms with van der Waals surface area (Å²) in [6, 6.07) is 17.8. The van der Waals surface area contributed by atoms with Gasteiger partial charge in [0.05, 0.1) is 5.01 Å². The molecule has 3 nitrogen and oxygen atoms in total. The van der Waals surface area contributed by atoms with Crippen LogP contribution in [0.25, 0.3) is 11.1 Å². The summed E-state index contributed by atoms with van der Waals surface area (Å²) in [5.74, 6) is -0.00968.